The van der Waals surface area contributed by atoms with Gasteiger partial charge in [0, 0.05) is 0 Å². The van der Waals surface area contributed by atoms with E-state index in [1.807, 2.05) is 25.1 Å². The van der Waals surface area contributed by atoms with Gasteiger partial charge in [-0.3, -0.25) is 4.79 Å². The van der Waals surface area contributed by atoms with E-state index in [2.05, 4.69) is 26.0 Å². The standard InChI is InChI=1S/C14H18O2/c1-4-16-14(15)10-6-9-13-11(2)7-5-8-12(13)3/h5-9H,4,10H2,1-3H3. The van der Waals surface area contributed by atoms with Gasteiger partial charge in [0.05, 0.1) is 13.0 Å². The van der Waals surface area contributed by atoms with Gasteiger partial charge >= 0.3 is 5.97 Å². The third-order valence-electron chi connectivity index (χ3n) is 2.42. The fraction of sp³-hybridized carbons (Fsp3) is 0.357. The molecule has 0 aliphatic rings. The van der Waals surface area contributed by atoms with Crippen LogP contribution in [0.25, 0.3) is 6.08 Å². The predicted molar refractivity (Wildman–Crippen MR) is 66.2 cm³/mol. The Hall–Kier alpha value is -1.57. The molecule has 0 aromatic heterocycles. The van der Waals surface area contributed by atoms with Gasteiger partial charge in [0.25, 0.3) is 0 Å². The molecule has 0 atom stereocenters. The normalized spacial score (nSPS) is 10.7. The fourth-order valence-electron chi connectivity index (χ4n) is 1.58. The van der Waals surface area contributed by atoms with Gasteiger partial charge in [-0.05, 0) is 37.5 Å². The Bertz CT molecular complexity index is 371. The van der Waals surface area contributed by atoms with E-state index in [0.29, 0.717) is 13.0 Å². The molecule has 0 fully saturated rings. The molecule has 0 saturated carbocycles. The van der Waals surface area contributed by atoms with Crippen LogP contribution in [-0.4, -0.2) is 12.6 Å². The average molecular weight is 218 g/mol. The number of carbonyl (C=O) groups is 1. The Morgan fingerprint density at radius 2 is 1.94 bits per heavy atom. The van der Waals surface area contributed by atoms with Crippen LogP contribution in [0, 0.1) is 13.8 Å². The summed E-state index contributed by atoms with van der Waals surface area (Å²) < 4.78 is 4.85. The van der Waals surface area contributed by atoms with Crippen molar-refractivity contribution in [1.29, 1.82) is 0 Å². The summed E-state index contributed by atoms with van der Waals surface area (Å²) in [6, 6.07) is 6.17. The van der Waals surface area contributed by atoms with E-state index in [1.165, 1.54) is 16.7 Å². The number of carbonyl (C=O) groups excluding carboxylic acids is 1. The van der Waals surface area contributed by atoms with Crippen molar-refractivity contribution >= 4 is 12.0 Å². The summed E-state index contributed by atoms with van der Waals surface area (Å²) in [7, 11) is 0. The highest BCUT2D eigenvalue weighted by Gasteiger charge is 1.99. The van der Waals surface area contributed by atoms with Crippen molar-refractivity contribution in [2.45, 2.75) is 27.2 Å². The first-order chi connectivity index (χ1) is 7.65. The van der Waals surface area contributed by atoms with E-state index in [9.17, 15) is 4.79 Å². The average Bonchev–Trinajstić information content (AvgIpc) is 2.23. The van der Waals surface area contributed by atoms with E-state index in [4.69, 9.17) is 4.74 Å². The maximum Gasteiger partial charge on any atom is 0.309 e. The van der Waals surface area contributed by atoms with Gasteiger partial charge in [-0.2, -0.15) is 0 Å². The highest BCUT2D eigenvalue weighted by molar-refractivity contribution is 5.73. The summed E-state index contributed by atoms with van der Waals surface area (Å²) in [5, 5.41) is 0. The Balaban J connectivity index is 2.66. The highest BCUT2D eigenvalue weighted by atomic mass is 16.5. The number of aryl methyl sites for hydroxylation is 2. The molecule has 0 heterocycles. The molecular formula is C14H18O2. The van der Waals surface area contributed by atoms with Crippen LogP contribution in [0.4, 0.5) is 0 Å². The van der Waals surface area contributed by atoms with E-state index in [-0.39, 0.29) is 5.97 Å². The first-order valence-electron chi connectivity index (χ1n) is 5.53. The Morgan fingerprint density at radius 1 is 1.31 bits per heavy atom. The lowest BCUT2D eigenvalue weighted by Gasteiger charge is -2.04. The lowest BCUT2D eigenvalue weighted by molar-refractivity contribution is -0.142. The number of hydrogen-bond acceptors (Lipinski definition) is 2. The first-order valence-corrected chi connectivity index (χ1v) is 5.53. The zero-order chi connectivity index (χ0) is 12.0. The van der Waals surface area contributed by atoms with Gasteiger partial charge in [-0.1, -0.05) is 30.4 Å². The molecule has 0 amide bonds. The summed E-state index contributed by atoms with van der Waals surface area (Å²) in [5.41, 5.74) is 3.63. The van der Waals surface area contributed by atoms with E-state index in [1.54, 1.807) is 0 Å². The number of rotatable bonds is 4. The minimum atomic E-state index is -0.176. The molecule has 86 valence electrons. The zero-order valence-corrected chi connectivity index (χ0v) is 10.1. The molecule has 1 aromatic carbocycles. The molecular weight excluding hydrogens is 200 g/mol. The molecule has 2 heteroatoms. The highest BCUT2D eigenvalue weighted by Crippen LogP contribution is 2.15. The minimum absolute atomic E-state index is 0.176. The SMILES string of the molecule is CCOC(=O)CC=Cc1c(C)cccc1C. The van der Waals surface area contributed by atoms with Crippen molar-refractivity contribution in [3.63, 3.8) is 0 Å². The second kappa shape index (κ2) is 6.11. The van der Waals surface area contributed by atoms with Crippen molar-refractivity contribution in [2.24, 2.45) is 0 Å². The maximum absolute atomic E-state index is 11.1. The number of esters is 1. The molecule has 0 unspecified atom stereocenters. The first kappa shape index (κ1) is 12.5. The van der Waals surface area contributed by atoms with Crippen LogP contribution in [0.2, 0.25) is 0 Å². The fourth-order valence-corrected chi connectivity index (χ4v) is 1.58. The predicted octanol–water partition coefficient (Wildman–Crippen LogP) is 3.27. The second-order valence-electron chi connectivity index (χ2n) is 3.72. The van der Waals surface area contributed by atoms with Crippen LogP contribution in [0.5, 0.6) is 0 Å². The monoisotopic (exact) mass is 218 g/mol. The molecule has 0 aliphatic carbocycles. The summed E-state index contributed by atoms with van der Waals surface area (Å²) in [6.07, 6.45) is 4.18. The topological polar surface area (TPSA) is 26.3 Å². The van der Waals surface area contributed by atoms with Crippen molar-refractivity contribution in [3.05, 3.63) is 41.0 Å². The van der Waals surface area contributed by atoms with Gasteiger partial charge in [0.2, 0.25) is 0 Å². The third kappa shape index (κ3) is 3.54. The molecule has 0 radical (unpaired) electrons. The quantitative estimate of drug-likeness (QED) is 0.725. The molecule has 1 rings (SSSR count). The lowest BCUT2D eigenvalue weighted by Crippen LogP contribution is -2.01. The Morgan fingerprint density at radius 3 is 2.50 bits per heavy atom. The minimum Gasteiger partial charge on any atom is -0.466 e. The van der Waals surface area contributed by atoms with Crippen LogP contribution in [0.3, 0.4) is 0 Å². The van der Waals surface area contributed by atoms with Crippen LogP contribution in [0.1, 0.15) is 30.0 Å². The molecule has 1 aromatic rings. The van der Waals surface area contributed by atoms with Gasteiger partial charge < -0.3 is 4.74 Å². The van der Waals surface area contributed by atoms with Gasteiger partial charge in [0.1, 0.15) is 0 Å². The lowest BCUT2D eigenvalue weighted by atomic mass is 10.0. The van der Waals surface area contributed by atoms with E-state index < -0.39 is 0 Å². The number of ether oxygens (including phenoxy) is 1. The molecule has 0 aliphatic heterocycles. The van der Waals surface area contributed by atoms with Crippen molar-refractivity contribution < 1.29 is 9.53 Å². The zero-order valence-electron chi connectivity index (χ0n) is 10.1. The summed E-state index contributed by atoms with van der Waals surface area (Å²) in [5.74, 6) is -0.176. The largest absolute Gasteiger partial charge is 0.466 e. The smallest absolute Gasteiger partial charge is 0.309 e. The molecule has 0 spiro atoms. The molecule has 0 bridgehead atoms. The van der Waals surface area contributed by atoms with Crippen molar-refractivity contribution in [2.75, 3.05) is 6.61 Å². The van der Waals surface area contributed by atoms with Crippen LogP contribution in [0.15, 0.2) is 24.3 Å². The van der Waals surface area contributed by atoms with Crippen molar-refractivity contribution in [3.8, 4) is 0 Å². The third-order valence-corrected chi connectivity index (χ3v) is 2.42. The van der Waals surface area contributed by atoms with Crippen LogP contribution >= 0.6 is 0 Å². The van der Waals surface area contributed by atoms with E-state index >= 15 is 0 Å². The maximum atomic E-state index is 11.1. The van der Waals surface area contributed by atoms with Crippen LogP contribution in [-0.2, 0) is 9.53 Å². The molecule has 2 nitrogen and oxygen atoms in total. The Kier molecular flexibility index (Phi) is 4.77. The van der Waals surface area contributed by atoms with Crippen molar-refractivity contribution in [1.82, 2.24) is 0 Å². The molecule has 16 heavy (non-hydrogen) atoms. The summed E-state index contributed by atoms with van der Waals surface area (Å²) in [4.78, 5) is 11.1. The summed E-state index contributed by atoms with van der Waals surface area (Å²) >= 11 is 0. The number of benzene rings is 1. The van der Waals surface area contributed by atoms with Gasteiger partial charge in [0.15, 0.2) is 0 Å². The van der Waals surface area contributed by atoms with Gasteiger partial charge in [-0.25, -0.2) is 0 Å². The second-order valence-corrected chi connectivity index (χ2v) is 3.72. The molecule has 0 N–H and O–H groups in total. The number of hydrogen-bond donors (Lipinski definition) is 0. The summed E-state index contributed by atoms with van der Waals surface area (Å²) in [6.45, 7) is 6.39. The van der Waals surface area contributed by atoms with E-state index in [0.717, 1.165) is 0 Å². The molecule has 0 saturated heterocycles. The van der Waals surface area contributed by atoms with Gasteiger partial charge in [-0.15, -0.1) is 0 Å². The van der Waals surface area contributed by atoms with Crippen LogP contribution < -0.4 is 0 Å². The Labute approximate surface area is 96.9 Å².